The third-order valence-corrected chi connectivity index (χ3v) is 5.49. The van der Waals surface area contributed by atoms with Gasteiger partial charge in [-0.1, -0.05) is 36.4 Å². The Morgan fingerprint density at radius 2 is 1.70 bits per heavy atom. The molecule has 2 heterocycles. The van der Waals surface area contributed by atoms with Crippen molar-refractivity contribution in [1.82, 2.24) is 14.9 Å². The van der Waals surface area contributed by atoms with Gasteiger partial charge in [0.2, 0.25) is 0 Å². The molecule has 0 aliphatic heterocycles. The summed E-state index contributed by atoms with van der Waals surface area (Å²) in [5.41, 5.74) is 3.51. The van der Waals surface area contributed by atoms with Gasteiger partial charge in [-0.3, -0.25) is 9.36 Å². The van der Waals surface area contributed by atoms with E-state index in [1.54, 1.807) is 12.3 Å². The summed E-state index contributed by atoms with van der Waals surface area (Å²) in [6.07, 6.45) is 4.40. The first-order valence-electron chi connectivity index (χ1n) is 10.4. The van der Waals surface area contributed by atoms with E-state index >= 15 is 0 Å². The number of anilines is 2. The van der Waals surface area contributed by atoms with Crippen molar-refractivity contribution in [2.24, 2.45) is 5.92 Å². The van der Waals surface area contributed by atoms with E-state index in [-0.39, 0.29) is 5.43 Å². The van der Waals surface area contributed by atoms with Crippen LogP contribution in [0, 0.1) is 5.92 Å². The van der Waals surface area contributed by atoms with E-state index < -0.39 is 0 Å². The second-order valence-electron chi connectivity index (χ2n) is 7.80. The van der Waals surface area contributed by atoms with E-state index in [1.807, 2.05) is 71.3 Å². The van der Waals surface area contributed by atoms with Crippen molar-refractivity contribution in [3.8, 4) is 5.69 Å². The molecule has 2 aromatic heterocycles. The minimum Gasteiger partial charge on any atom is -0.341 e. The predicted octanol–water partition coefficient (Wildman–Crippen LogP) is 4.63. The fourth-order valence-electron chi connectivity index (χ4n) is 3.78. The molecule has 0 bridgehead atoms. The number of rotatable bonds is 7. The minimum atomic E-state index is -0.0214. The Labute approximate surface area is 175 Å². The Morgan fingerprint density at radius 1 is 0.967 bits per heavy atom. The van der Waals surface area contributed by atoms with Gasteiger partial charge >= 0.3 is 0 Å². The number of nitrogens with zero attached hydrogens (tertiary/aromatic N) is 2. The number of hydrogen-bond acceptors (Lipinski definition) is 4. The zero-order chi connectivity index (χ0) is 20.3. The normalized spacial score (nSPS) is 13.5. The highest BCUT2D eigenvalue weighted by molar-refractivity contribution is 5.83. The van der Waals surface area contributed by atoms with Crippen molar-refractivity contribution in [1.29, 1.82) is 0 Å². The lowest BCUT2D eigenvalue weighted by Gasteiger charge is -2.19. The average molecular weight is 396 g/mol. The van der Waals surface area contributed by atoms with Crippen LogP contribution < -0.4 is 16.1 Å². The highest BCUT2D eigenvalue weighted by Crippen LogP contribution is 2.28. The van der Waals surface area contributed by atoms with Crippen LogP contribution in [0.15, 0.2) is 83.8 Å². The maximum absolute atomic E-state index is 13.2. The molecule has 2 N–H and O–H groups in total. The molecule has 2 aromatic carbocycles. The lowest BCUT2D eigenvalue weighted by molar-refractivity contribution is 0.640. The van der Waals surface area contributed by atoms with Gasteiger partial charge in [-0.25, -0.2) is 4.98 Å². The van der Waals surface area contributed by atoms with Crippen LogP contribution in [-0.2, 0) is 6.54 Å². The summed E-state index contributed by atoms with van der Waals surface area (Å²) in [6.45, 7) is 1.68. The molecule has 1 fully saturated rings. The quantitative estimate of drug-likeness (QED) is 0.478. The standard InChI is InChI=1S/C25H24N4O/c30-22-15-23(28-20-7-3-1-4-8-20)29(21-9-5-2-6-10-21)25-24(22)19(13-14-27-25)17-26-16-18-11-12-18/h1-10,13-15,18,26,28H,11-12,16-17H2. The van der Waals surface area contributed by atoms with Crippen molar-refractivity contribution in [3.05, 3.63) is 94.8 Å². The molecular weight excluding hydrogens is 372 g/mol. The molecule has 0 unspecified atom stereocenters. The van der Waals surface area contributed by atoms with E-state index in [4.69, 9.17) is 0 Å². The number of para-hydroxylation sites is 2. The summed E-state index contributed by atoms with van der Waals surface area (Å²) in [4.78, 5) is 17.8. The van der Waals surface area contributed by atoms with Crippen LogP contribution in [0.25, 0.3) is 16.7 Å². The molecule has 4 aromatic rings. The van der Waals surface area contributed by atoms with Gasteiger partial charge in [0, 0.05) is 30.2 Å². The molecule has 0 saturated heterocycles. The lowest BCUT2D eigenvalue weighted by atomic mass is 10.1. The summed E-state index contributed by atoms with van der Waals surface area (Å²) >= 11 is 0. The molecule has 5 nitrogen and oxygen atoms in total. The number of nitrogens with one attached hydrogen (secondary N) is 2. The first-order valence-corrected chi connectivity index (χ1v) is 10.4. The Bertz CT molecular complexity index is 1210. The fraction of sp³-hybridized carbons (Fsp3) is 0.200. The number of fused-ring (bicyclic) bond motifs is 1. The minimum absolute atomic E-state index is 0.0214. The molecular formula is C25H24N4O. The first kappa shape index (κ1) is 18.6. The largest absolute Gasteiger partial charge is 0.341 e. The van der Waals surface area contributed by atoms with Crippen molar-refractivity contribution < 1.29 is 0 Å². The number of aromatic nitrogens is 2. The Morgan fingerprint density at radius 3 is 2.43 bits per heavy atom. The van der Waals surface area contributed by atoms with E-state index in [9.17, 15) is 4.79 Å². The summed E-state index contributed by atoms with van der Waals surface area (Å²) in [5, 5.41) is 7.57. The van der Waals surface area contributed by atoms with Crippen LogP contribution in [0.2, 0.25) is 0 Å². The molecule has 0 spiro atoms. The molecule has 0 radical (unpaired) electrons. The molecule has 5 rings (SSSR count). The van der Waals surface area contributed by atoms with E-state index in [1.165, 1.54) is 12.8 Å². The van der Waals surface area contributed by atoms with Crippen molar-refractivity contribution in [2.45, 2.75) is 19.4 Å². The predicted molar refractivity (Wildman–Crippen MR) is 121 cm³/mol. The maximum atomic E-state index is 13.2. The fourth-order valence-corrected chi connectivity index (χ4v) is 3.78. The van der Waals surface area contributed by atoms with Crippen LogP contribution in [0.3, 0.4) is 0 Å². The highest BCUT2D eigenvalue weighted by Gasteiger charge is 2.21. The smallest absolute Gasteiger partial charge is 0.193 e. The van der Waals surface area contributed by atoms with Gasteiger partial charge in [0.25, 0.3) is 0 Å². The zero-order valence-electron chi connectivity index (χ0n) is 16.7. The van der Waals surface area contributed by atoms with Crippen molar-refractivity contribution in [2.75, 3.05) is 11.9 Å². The number of benzene rings is 2. The average Bonchev–Trinajstić information content (AvgIpc) is 3.60. The highest BCUT2D eigenvalue weighted by atomic mass is 16.1. The summed E-state index contributed by atoms with van der Waals surface area (Å²) < 4.78 is 2.02. The SMILES string of the molecule is O=c1cc(Nc2ccccc2)n(-c2ccccc2)c2nccc(CNCC3CC3)c12. The molecule has 150 valence electrons. The summed E-state index contributed by atoms with van der Waals surface area (Å²) in [5.74, 6) is 1.49. The van der Waals surface area contributed by atoms with Gasteiger partial charge in [0.05, 0.1) is 5.39 Å². The second kappa shape index (κ2) is 8.13. The first-order chi connectivity index (χ1) is 14.8. The van der Waals surface area contributed by atoms with E-state index in [0.29, 0.717) is 23.4 Å². The zero-order valence-corrected chi connectivity index (χ0v) is 16.7. The van der Waals surface area contributed by atoms with E-state index in [2.05, 4.69) is 15.6 Å². The van der Waals surface area contributed by atoms with Crippen molar-refractivity contribution in [3.63, 3.8) is 0 Å². The monoisotopic (exact) mass is 396 g/mol. The van der Waals surface area contributed by atoms with Gasteiger partial charge < -0.3 is 10.6 Å². The van der Waals surface area contributed by atoms with Crippen LogP contribution >= 0.6 is 0 Å². The van der Waals surface area contributed by atoms with Gasteiger partial charge in [0.15, 0.2) is 5.43 Å². The van der Waals surface area contributed by atoms with Gasteiger partial charge in [-0.15, -0.1) is 0 Å². The molecule has 1 aliphatic rings. The molecule has 0 amide bonds. The van der Waals surface area contributed by atoms with Crippen LogP contribution in [0.1, 0.15) is 18.4 Å². The van der Waals surface area contributed by atoms with Gasteiger partial charge in [-0.05, 0) is 61.2 Å². The topological polar surface area (TPSA) is 59.0 Å². The summed E-state index contributed by atoms with van der Waals surface area (Å²) in [7, 11) is 0. The Hall–Kier alpha value is -3.44. The van der Waals surface area contributed by atoms with Crippen LogP contribution in [0.5, 0.6) is 0 Å². The third-order valence-electron chi connectivity index (χ3n) is 5.49. The molecule has 0 atom stereocenters. The molecule has 30 heavy (non-hydrogen) atoms. The maximum Gasteiger partial charge on any atom is 0.193 e. The number of pyridine rings is 2. The molecule has 1 saturated carbocycles. The van der Waals surface area contributed by atoms with Gasteiger partial charge in [-0.2, -0.15) is 0 Å². The van der Waals surface area contributed by atoms with Gasteiger partial charge in [0.1, 0.15) is 11.5 Å². The van der Waals surface area contributed by atoms with E-state index in [0.717, 1.165) is 29.4 Å². The summed E-state index contributed by atoms with van der Waals surface area (Å²) in [6, 6.07) is 23.5. The Balaban J connectivity index is 1.65. The van der Waals surface area contributed by atoms with Crippen molar-refractivity contribution >= 4 is 22.5 Å². The molecule has 1 aliphatic carbocycles. The number of hydrogen-bond donors (Lipinski definition) is 2. The lowest BCUT2D eigenvalue weighted by Crippen LogP contribution is -2.20. The third kappa shape index (κ3) is 3.84. The second-order valence-corrected chi connectivity index (χ2v) is 7.80. The van der Waals surface area contributed by atoms with Crippen LogP contribution in [-0.4, -0.2) is 16.1 Å². The van der Waals surface area contributed by atoms with Crippen LogP contribution in [0.4, 0.5) is 11.5 Å². The molecule has 5 heteroatoms. The Kier molecular flexibility index (Phi) is 5.03.